The molecule has 0 aromatic heterocycles. The van der Waals surface area contributed by atoms with Gasteiger partial charge in [-0.3, -0.25) is 9.10 Å². The number of hydrogen-bond acceptors (Lipinski definition) is 5. The van der Waals surface area contributed by atoms with Crippen molar-refractivity contribution in [1.82, 2.24) is 4.72 Å². The van der Waals surface area contributed by atoms with E-state index in [0.29, 0.717) is 25.1 Å². The molecule has 140 valence electrons. The minimum absolute atomic E-state index is 0.0132. The van der Waals surface area contributed by atoms with Gasteiger partial charge < -0.3 is 5.11 Å². The Morgan fingerprint density at radius 3 is 2.48 bits per heavy atom. The molecule has 1 aromatic carbocycles. The highest BCUT2D eigenvalue weighted by Gasteiger charge is 2.28. The molecule has 2 rings (SSSR count). The van der Waals surface area contributed by atoms with Crippen molar-refractivity contribution in [2.24, 2.45) is 5.92 Å². The molecule has 0 aliphatic carbocycles. The van der Waals surface area contributed by atoms with Crippen LogP contribution in [0.1, 0.15) is 26.2 Å². The predicted molar refractivity (Wildman–Crippen MR) is 93.4 cm³/mol. The standard InChI is InChI=1S/C15H22N2O6S2/c1-12(11-15(18)19)7-8-16-25(22,23)14-5-3-13(4-6-14)17-9-2-10-24(17,20)21/h3-6,12,16H,2,7-11H2,1H3,(H,18,19)/t12-/m1/s1. The van der Waals surface area contributed by atoms with E-state index in [1.807, 2.05) is 0 Å². The van der Waals surface area contributed by atoms with E-state index in [2.05, 4.69) is 4.72 Å². The third-order valence-electron chi connectivity index (χ3n) is 3.99. The van der Waals surface area contributed by atoms with E-state index in [1.54, 1.807) is 6.92 Å². The van der Waals surface area contributed by atoms with Gasteiger partial charge in [-0.1, -0.05) is 6.92 Å². The highest BCUT2D eigenvalue weighted by atomic mass is 32.2. The molecule has 1 aliphatic heterocycles. The largest absolute Gasteiger partial charge is 0.481 e. The smallest absolute Gasteiger partial charge is 0.303 e. The van der Waals surface area contributed by atoms with Crippen LogP contribution in [0.2, 0.25) is 0 Å². The highest BCUT2D eigenvalue weighted by Crippen LogP contribution is 2.25. The van der Waals surface area contributed by atoms with Crippen molar-refractivity contribution in [1.29, 1.82) is 0 Å². The molecule has 0 radical (unpaired) electrons. The Balaban J connectivity index is 1.99. The molecule has 1 heterocycles. The Bertz CT molecular complexity index is 818. The fraction of sp³-hybridized carbons (Fsp3) is 0.533. The number of nitrogens with zero attached hydrogens (tertiary/aromatic N) is 1. The van der Waals surface area contributed by atoms with Gasteiger partial charge in [0.25, 0.3) is 0 Å². The zero-order valence-electron chi connectivity index (χ0n) is 13.9. The number of rotatable bonds is 8. The molecule has 0 amide bonds. The summed E-state index contributed by atoms with van der Waals surface area (Å²) in [5.74, 6) is -0.950. The number of carboxylic acids is 1. The van der Waals surface area contributed by atoms with E-state index < -0.39 is 26.0 Å². The molecular weight excluding hydrogens is 368 g/mol. The Hall–Kier alpha value is -1.65. The van der Waals surface area contributed by atoms with E-state index in [1.165, 1.54) is 28.6 Å². The molecule has 10 heteroatoms. The van der Waals surface area contributed by atoms with Gasteiger partial charge in [-0.2, -0.15) is 0 Å². The number of carboxylic acid groups (broad SMARTS) is 1. The van der Waals surface area contributed by atoms with Gasteiger partial charge in [-0.25, -0.2) is 21.6 Å². The lowest BCUT2D eigenvalue weighted by Gasteiger charge is -2.17. The van der Waals surface area contributed by atoms with E-state index >= 15 is 0 Å². The molecule has 1 saturated heterocycles. The first-order valence-corrected chi connectivity index (χ1v) is 11.0. The average molecular weight is 390 g/mol. The van der Waals surface area contributed by atoms with Crippen LogP contribution in [0.3, 0.4) is 0 Å². The Morgan fingerprint density at radius 1 is 1.32 bits per heavy atom. The van der Waals surface area contributed by atoms with Gasteiger partial charge in [0, 0.05) is 19.5 Å². The van der Waals surface area contributed by atoms with Crippen LogP contribution in [0, 0.1) is 5.92 Å². The molecule has 0 bridgehead atoms. The molecular formula is C15H22N2O6S2. The molecule has 1 aliphatic rings. The topological polar surface area (TPSA) is 121 Å². The quantitative estimate of drug-likeness (QED) is 0.683. The maximum absolute atomic E-state index is 12.2. The summed E-state index contributed by atoms with van der Waals surface area (Å²) in [5.41, 5.74) is 0.450. The maximum atomic E-state index is 12.2. The van der Waals surface area contributed by atoms with Crippen molar-refractivity contribution >= 4 is 31.7 Å². The summed E-state index contributed by atoms with van der Waals surface area (Å²) >= 11 is 0. The van der Waals surface area contributed by atoms with Crippen LogP contribution in [0.5, 0.6) is 0 Å². The Labute approximate surface area is 147 Å². The van der Waals surface area contributed by atoms with Gasteiger partial charge in [-0.15, -0.1) is 0 Å². The van der Waals surface area contributed by atoms with Crippen LogP contribution < -0.4 is 9.03 Å². The van der Waals surface area contributed by atoms with Crippen molar-refractivity contribution in [3.8, 4) is 0 Å². The molecule has 1 atom stereocenters. The molecule has 8 nitrogen and oxygen atoms in total. The van der Waals surface area contributed by atoms with Crippen molar-refractivity contribution in [3.63, 3.8) is 0 Å². The maximum Gasteiger partial charge on any atom is 0.303 e. The van der Waals surface area contributed by atoms with Gasteiger partial charge in [-0.05, 0) is 43.0 Å². The van der Waals surface area contributed by atoms with Crippen LogP contribution >= 0.6 is 0 Å². The number of sulfonamides is 2. The lowest BCUT2D eigenvalue weighted by Crippen LogP contribution is -2.27. The molecule has 1 fully saturated rings. The van der Waals surface area contributed by atoms with Crippen LogP contribution in [0.15, 0.2) is 29.2 Å². The van der Waals surface area contributed by atoms with Gasteiger partial charge in [0.05, 0.1) is 16.3 Å². The molecule has 25 heavy (non-hydrogen) atoms. The van der Waals surface area contributed by atoms with Crippen LogP contribution in [-0.4, -0.2) is 46.8 Å². The van der Waals surface area contributed by atoms with Crippen molar-refractivity contribution in [3.05, 3.63) is 24.3 Å². The third kappa shape index (κ3) is 5.16. The summed E-state index contributed by atoms with van der Waals surface area (Å²) < 4.78 is 51.9. The SMILES string of the molecule is C[C@H](CCNS(=O)(=O)c1ccc(N2CCCS2(=O)=O)cc1)CC(=O)O. The van der Waals surface area contributed by atoms with Crippen molar-refractivity contribution in [2.75, 3.05) is 23.1 Å². The zero-order valence-corrected chi connectivity index (χ0v) is 15.5. The predicted octanol–water partition coefficient (Wildman–Crippen LogP) is 1.01. The molecule has 0 unspecified atom stereocenters. The summed E-state index contributed by atoms with van der Waals surface area (Å²) in [6.07, 6.45) is 0.953. The fourth-order valence-corrected chi connectivity index (χ4v) is 5.26. The van der Waals surface area contributed by atoms with Crippen molar-refractivity contribution in [2.45, 2.75) is 31.1 Å². The third-order valence-corrected chi connectivity index (χ3v) is 7.33. The summed E-state index contributed by atoms with van der Waals surface area (Å²) in [7, 11) is -7.02. The first kappa shape index (κ1) is 19.7. The first-order chi connectivity index (χ1) is 11.6. The van der Waals surface area contributed by atoms with Crippen LogP contribution in [0.4, 0.5) is 5.69 Å². The molecule has 0 spiro atoms. The Kier molecular flexibility index (Phi) is 6.07. The first-order valence-electron chi connectivity index (χ1n) is 7.94. The number of benzene rings is 1. The van der Waals surface area contributed by atoms with Crippen LogP contribution in [-0.2, 0) is 24.8 Å². The van der Waals surface area contributed by atoms with Gasteiger partial charge in [0.15, 0.2) is 0 Å². The average Bonchev–Trinajstić information content (AvgIpc) is 2.86. The summed E-state index contributed by atoms with van der Waals surface area (Å²) in [5, 5.41) is 8.69. The van der Waals surface area contributed by atoms with Gasteiger partial charge >= 0.3 is 5.97 Å². The fourth-order valence-electron chi connectivity index (χ4n) is 2.64. The van der Waals surface area contributed by atoms with E-state index in [-0.39, 0.29) is 29.5 Å². The second-order valence-corrected chi connectivity index (χ2v) is 9.90. The van der Waals surface area contributed by atoms with Gasteiger partial charge in [0.2, 0.25) is 20.0 Å². The highest BCUT2D eigenvalue weighted by molar-refractivity contribution is 7.93. The number of aliphatic carboxylic acids is 1. The summed E-state index contributed by atoms with van der Waals surface area (Å²) in [6.45, 7) is 2.28. The minimum atomic E-state index is -3.72. The zero-order chi connectivity index (χ0) is 18.7. The summed E-state index contributed by atoms with van der Waals surface area (Å²) in [4.78, 5) is 10.6. The number of carbonyl (C=O) groups is 1. The lowest BCUT2D eigenvalue weighted by atomic mass is 10.0. The number of hydrogen-bond donors (Lipinski definition) is 2. The minimum Gasteiger partial charge on any atom is -0.481 e. The van der Waals surface area contributed by atoms with Gasteiger partial charge in [0.1, 0.15) is 0 Å². The number of anilines is 1. The second kappa shape index (κ2) is 7.71. The lowest BCUT2D eigenvalue weighted by molar-refractivity contribution is -0.138. The van der Waals surface area contributed by atoms with E-state index in [4.69, 9.17) is 5.11 Å². The van der Waals surface area contributed by atoms with Crippen molar-refractivity contribution < 1.29 is 26.7 Å². The molecule has 1 aromatic rings. The molecule has 0 saturated carbocycles. The van der Waals surface area contributed by atoms with E-state index in [9.17, 15) is 21.6 Å². The normalized spacial score (nSPS) is 18.2. The monoisotopic (exact) mass is 390 g/mol. The second-order valence-electron chi connectivity index (χ2n) is 6.13. The number of nitrogens with one attached hydrogen (secondary N) is 1. The van der Waals surface area contributed by atoms with Crippen LogP contribution in [0.25, 0.3) is 0 Å². The van der Waals surface area contributed by atoms with E-state index in [0.717, 1.165) is 0 Å². The molecule has 2 N–H and O–H groups in total. The Morgan fingerprint density at radius 2 is 1.96 bits per heavy atom. The summed E-state index contributed by atoms with van der Waals surface area (Å²) in [6, 6.07) is 5.69.